The van der Waals surface area contributed by atoms with Gasteiger partial charge in [-0.3, -0.25) is 9.69 Å². The monoisotopic (exact) mass is 380 g/mol. The van der Waals surface area contributed by atoms with Gasteiger partial charge in [0.15, 0.2) is 0 Å². The molecule has 1 N–H and O–H groups in total. The number of rotatable bonds is 8. The van der Waals surface area contributed by atoms with Crippen LogP contribution in [-0.4, -0.2) is 31.5 Å². The number of nitrogens with zero attached hydrogens (tertiary/aromatic N) is 1. The molecule has 0 atom stereocenters. The quantitative estimate of drug-likeness (QED) is 0.761. The van der Waals surface area contributed by atoms with Crippen molar-refractivity contribution in [2.45, 2.75) is 25.9 Å². The average molecular weight is 380 g/mol. The zero-order valence-corrected chi connectivity index (χ0v) is 15.3. The van der Waals surface area contributed by atoms with Crippen LogP contribution in [0.1, 0.15) is 22.3 Å². The van der Waals surface area contributed by atoms with Gasteiger partial charge in [-0.2, -0.15) is 13.2 Å². The van der Waals surface area contributed by atoms with Crippen molar-refractivity contribution >= 4 is 5.91 Å². The maximum Gasteiger partial charge on any atom is 0.416 e. The lowest BCUT2D eigenvalue weighted by molar-refractivity contribution is -0.137. The minimum absolute atomic E-state index is 0.148. The Kier molecular flexibility index (Phi) is 7.38. The van der Waals surface area contributed by atoms with Crippen molar-refractivity contribution in [1.29, 1.82) is 0 Å². The first-order chi connectivity index (χ1) is 12.8. The molecular weight excluding hydrogens is 357 g/mol. The van der Waals surface area contributed by atoms with E-state index in [1.165, 1.54) is 12.1 Å². The Balaban J connectivity index is 1.78. The van der Waals surface area contributed by atoms with Crippen LogP contribution in [0.15, 0.2) is 48.5 Å². The molecular formula is C20H23F3N2O2. The number of benzene rings is 2. The van der Waals surface area contributed by atoms with E-state index >= 15 is 0 Å². The Hall–Kier alpha value is -2.38. The van der Waals surface area contributed by atoms with Crippen LogP contribution in [0.2, 0.25) is 0 Å². The summed E-state index contributed by atoms with van der Waals surface area (Å²) in [6.07, 6.45) is -4.34. The molecule has 0 fully saturated rings. The predicted octanol–water partition coefficient (Wildman–Crippen LogP) is 3.60. The Morgan fingerprint density at radius 1 is 1.00 bits per heavy atom. The van der Waals surface area contributed by atoms with E-state index in [9.17, 15) is 18.0 Å². The van der Waals surface area contributed by atoms with Gasteiger partial charge in [-0.15, -0.1) is 0 Å². The number of amides is 1. The molecule has 4 nitrogen and oxygen atoms in total. The molecule has 7 heteroatoms. The molecule has 27 heavy (non-hydrogen) atoms. The van der Waals surface area contributed by atoms with Crippen LogP contribution in [0.25, 0.3) is 0 Å². The van der Waals surface area contributed by atoms with E-state index in [2.05, 4.69) is 5.32 Å². The number of hydrogen-bond donors (Lipinski definition) is 1. The highest BCUT2D eigenvalue weighted by molar-refractivity contribution is 5.77. The van der Waals surface area contributed by atoms with Crippen molar-refractivity contribution in [1.82, 2.24) is 10.2 Å². The second-order valence-electron chi connectivity index (χ2n) is 6.39. The largest absolute Gasteiger partial charge is 0.416 e. The normalized spacial score (nSPS) is 11.6. The van der Waals surface area contributed by atoms with Gasteiger partial charge in [0.2, 0.25) is 5.91 Å². The zero-order valence-electron chi connectivity index (χ0n) is 15.3. The molecule has 2 aromatic carbocycles. The predicted molar refractivity (Wildman–Crippen MR) is 96.8 cm³/mol. The molecule has 0 aliphatic rings. The van der Waals surface area contributed by atoms with Crippen LogP contribution >= 0.6 is 0 Å². The summed E-state index contributed by atoms with van der Waals surface area (Å²) in [7, 11) is 3.38. The molecule has 0 unspecified atom stereocenters. The lowest BCUT2D eigenvalue weighted by atomic mass is 10.1. The Labute approximate surface area is 156 Å². The Bertz CT molecular complexity index is 728. The lowest BCUT2D eigenvalue weighted by Crippen LogP contribution is -2.34. The van der Waals surface area contributed by atoms with Crippen LogP contribution < -0.4 is 5.32 Å². The molecule has 0 bridgehead atoms. The van der Waals surface area contributed by atoms with Crippen LogP contribution in [-0.2, 0) is 35.4 Å². The van der Waals surface area contributed by atoms with Gasteiger partial charge in [-0.05, 0) is 35.9 Å². The molecule has 2 rings (SSSR count). The smallest absolute Gasteiger partial charge is 0.380 e. The van der Waals surface area contributed by atoms with Gasteiger partial charge < -0.3 is 10.1 Å². The Morgan fingerprint density at radius 2 is 1.56 bits per heavy atom. The number of ether oxygens (including phenoxy) is 1. The fourth-order valence-corrected chi connectivity index (χ4v) is 2.59. The average Bonchev–Trinajstić information content (AvgIpc) is 2.61. The molecule has 0 aliphatic heterocycles. The standard InChI is InChI=1S/C20H23F3N2O2/c1-25(12-16-7-9-18(10-8-16)20(21,22)23)13-19(26)24-11-15-3-5-17(6-4-15)14-27-2/h3-10H,11-14H2,1-2H3,(H,24,26). The summed E-state index contributed by atoms with van der Waals surface area (Å²) in [5, 5.41) is 2.84. The van der Waals surface area contributed by atoms with Gasteiger partial charge in [-0.1, -0.05) is 36.4 Å². The minimum atomic E-state index is -4.34. The van der Waals surface area contributed by atoms with Crippen molar-refractivity contribution in [3.8, 4) is 0 Å². The first-order valence-corrected chi connectivity index (χ1v) is 8.46. The van der Waals surface area contributed by atoms with E-state index in [0.717, 1.165) is 23.3 Å². The molecule has 0 heterocycles. The molecule has 0 spiro atoms. The minimum Gasteiger partial charge on any atom is -0.380 e. The van der Waals surface area contributed by atoms with Crippen molar-refractivity contribution < 1.29 is 22.7 Å². The third-order valence-corrected chi connectivity index (χ3v) is 3.97. The molecule has 0 aliphatic carbocycles. The number of carbonyl (C=O) groups excluding carboxylic acids is 1. The molecule has 2 aromatic rings. The van der Waals surface area contributed by atoms with E-state index in [1.807, 2.05) is 24.3 Å². The summed E-state index contributed by atoms with van der Waals surface area (Å²) in [5.41, 5.74) is 2.08. The van der Waals surface area contributed by atoms with Crippen LogP contribution in [0.5, 0.6) is 0 Å². The van der Waals surface area contributed by atoms with Gasteiger partial charge in [0.05, 0.1) is 18.7 Å². The molecule has 1 amide bonds. The first-order valence-electron chi connectivity index (χ1n) is 8.46. The number of hydrogen-bond acceptors (Lipinski definition) is 3. The van der Waals surface area contributed by atoms with Gasteiger partial charge in [0, 0.05) is 20.2 Å². The molecule has 0 radical (unpaired) electrons. The zero-order chi connectivity index (χ0) is 19.9. The van der Waals surface area contributed by atoms with Crippen LogP contribution in [0, 0.1) is 0 Å². The van der Waals surface area contributed by atoms with Crippen molar-refractivity contribution in [3.63, 3.8) is 0 Å². The number of carbonyl (C=O) groups is 1. The maximum absolute atomic E-state index is 12.6. The van der Waals surface area contributed by atoms with Crippen molar-refractivity contribution in [3.05, 3.63) is 70.8 Å². The number of likely N-dealkylation sites (N-methyl/N-ethyl adjacent to an activating group) is 1. The molecule has 0 saturated heterocycles. The van der Waals surface area contributed by atoms with Crippen molar-refractivity contribution in [2.75, 3.05) is 20.7 Å². The number of methoxy groups -OCH3 is 1. The second-order valence-corrected chi connectivity index (χ2v) is 6.39. The summed E-state index contributed by atoms with van der Waals surface area (Å²) >= 11 is 0. The molecule has 146 valence electrons. The summed E-state index contributed by atoms with van der Waals surface area (Å²) < 4.78 is 42.8. The number of nitrogens with one attached hydrogen (secondary N) is 1. The highest BCUT2D eigenvalue weighted by Gasteiger charge is 2.29. The van der Waals surface area contributed by atoms with E-state index in [1.54, 1.807) is 19.1 Å². The van der Waals surface area contributed by atoms with Crippen LogP contribution in [0.3, 0.4) is 0 Å². The highest BCUT2D eigenvalue weighted by Crippen LogP contribution is 2.29. The maximum atomic E-state index is 12.6. The van der Waals surface area contributed by atoms with E-state index in [4.69, 9.17) is 4.74 Å². The molecule has 0 saturated carbocycles. The summed E-state index contributed by atoms with van der Waals surface area (Å²) in [6, 6.07) is 12.7. The highest BCUT2D eigenvalue weighted by atomic mass is 19.4. The second kappa shape index (κ2) is 9.53. The van der Waals surface area contributed by atoms with Gasteiger partial charge in [-0.25, -0.2) is 0 Å². The molecule has 0 aromatic heterocycles. The SMILES string of the molecule is COCc1ccc(CNC(=O)CN(C)Cc2ccc(C(F)(F)F)cc2)cc1. The van der Waals surface area contributed by atoms with E-state index < -0.39 is 11.7 Å². The summed E-state index contributed by atoms with van der Waals surface area (Å²) in [6.45, 7) is 1.50. The summed E-state index contributed by atoms with van der Waals surface area (Å²) in [4.78, 5) is 13.8. The van der Waals surface area contributed by atoms with E-state index in [-0.39, 0.29) is 12.5 Å². The fraction of sp³-hybridized carbons (Fsp3) is 0.350. The fourth-order valence-electron chi connectivity index (χ4n) is 2.59. The third-order valence-electron chi connectivity index (χ3n) is 3.97. The van der Waals surface area contributed by atoms with Crippen LogP contribution in [0.4, 0.5) is 13.2 Å². The number of halogens is 3. The van der Waals surface area contributed by atoms with Crippen molar-refractivity contribution in [2.24, 2.45) is 0 Å². The first kappa shape index (κ1) is 20.9. The van der Waals surface area contributed by atoms with Gasteiger partial charge in [0.1, 0.15) is 0 Å². The van der Waals surface area contributed by atoms with E-state index in [0.29, 0.717) is 25.3 Å². The Morgan fingerprint density at radius 3 is 2.11 bits per heavy atom. The third kappa shape index (κ3) is 7.03. The summed E-state index contributed by atoms with van der Waals surface area (Å²) in [5.74, 6) is -0.148. The van der Waals surface area contributed by atoms with Gasteiger partial charge >= 0.3 is 6.18 Å². The lowest BCUT2D eigenvalue weighted by Gasteiger charge is -2.17. The van der Waals surface area contributed by atoms with Gasteiger partial charge in [0.25, 0.3) is 0 Å². The topological polar surface area (TPSA) is 41.6 Å². The number of alkyl halides is 3.